The minimum absolute atomic E-state index is 0.0342. The average molecular weight is 445 g/mol. The van der Waals surface area contributed by atoms with Crippen molar-refractivity contribution in [1.82, 2.24) is 0 Å². The summed E-state index contributed by atoms with van der Waals surface area (Å²) in [5, 5.41) is 0. The van der Waals surface area contributed by atoms with Crippen molar-refractivity contribution in [3.05, 3.63) is 0 Å². The van der Waals surface area contributed by atoms with Crippen LogP contribution in [0, 0.1) is 46.3 Å². The molecule has 0 aromatic rings. The topological polar surface area (TPSA) is 35.5 Å². The first-order chi connectivity index (χ1) is 15.4. The Labute approximate surface area is 196 Å². The number of carbonyl (C=O) groups excluding carboxylic acids is 1. The average Bonchev–Trinajstić information content (AvgIpc) is 3.15. The highest BCUT2D eigenvalue weighted by Crippen LogP contribution is 2.67. The highest BCUT2D eigenvalue weighted by molar-refractivity contribution is 5.87. The molecular formula is C29H48O3. The van der Waals surface area contributed by atoms with Crippen LogP contribution in [0.3, 0.4) is 0 Å². The van der Waals surface area contributed by atoms with E-state index < -0.39 is 0 Å². The van der Waals surface area contributed by atoms with Gasteiger partial charge in [-0.15, -0.1) is 0 Å². The first kappa shape index (κ1) is 23.3. The Morgan fingerprint density at radius 3 is 2.66 bits per heavy atom. The molecule has 0 aromatic carbocycles. The lowest BCUT2D eigenvalue weighted by molar-refractivity contribution is -0.211. The molecule has 0 spiro atoms. The molecule has 182 valence electrons. The van der Waals surface area contributed by atoms with Crippen molar-refractivity contribution in [3.8, 4) is 0 Å². The Morgan fingerprint density at radius 1 is 1.06 bits per heavy atom. The fraction of sp³-hybridized carbons (Fsp3) is 0.966. The van der Waals surface area contributed by atoms with E-state index in [1.54, 1.807) is 0 Å². The van der Waals surface area contributed by atoms with Crippen LogP contribution in [-0.2, 0) is 14.3 Å². The first-order valence-electron chi connectivity index (χ1n) is 14.2. The molecule has 5 fully saturated rings. The summed E-state index contributed by atoms with van der Waals surface area (Å²) in [6.07, 6.45) is 16.1. The molecule has 1 aliphatic heterocycles. The Kier molecular flexibility index (Phi) is 6.55. The Hall–Kier alpha value is -0.410. The number of ketones is 1. The van der Waals surface area contributed by atoms with Gasteiger partial charge in [0, 0.05) is 18.4 Å². The van der Waals surface area contributed by atoms with Gasteiger partial charge in [-0.1, -0.05) is 40.5 Å². The maximum absolute atomic E-state index is 13.9. The highest BCUT2D eigenvalue weighted by Gasteiger charge is 2.64. The van der Waals surface area contributed by atoms with Crippen LogP contribution in [0.5, 0.6) is 0 Å². The molecule has 5 rings (SSSR count). The van der Waals surface area contributed by atoms with Crippen molar-refractivity contribution in [1.29, 1.82) is 0 Å². The molecule has 1 heterocycles. The van der Waals surface area contributed by atoms with Crippen LogP contribution in [0.2, 0.25) is 0 Å². The molecule has 6 unspecified atom stereocenters. The van der Waals surface area contributed by atoms with Crippen molar-refractivity contribution in [2.45, 2.75) is 124 Å². The molecule has 0 N–H and O–H groups in total. The zero-order valence-corrected chi connectivity index (χ0v) is 21.2. The molecule has 4 saturated carbocycles. The van der Waals surface area contributed by atoms with Crippen LogP contribution in [0.15, 0.2) is 0 Å². The van der Waals surface area contributed by atoms with Crippen molar-refractivity contribution in [2.75, 3.05) is 6.61 Å². The summed E-state index contributed by atoms with van der Waals surface area (Å²) in [6.45, 7) is 10.5. The quantitative estimate of drug-likeness (QED) is 0.422. The van der Waals surface area contributed by atoms with Crippen molar-refractivity contribution in [3.63, 3.8) is 0 Å². The van der Waals surface area contributed by atoms with Crippen molar-refractivity contribution >= 4 is 5.78 Å². The lowest BCUT2D eigenvalue weighted by Gasteiger charge is -2.60. The predicted octanol–water partition coefficient (Wildman–Crippen LogP) is 7.17. The summed E-state index contributed by atoms with van der Waals surface area (Å²) in [5.41, 5.74) is 0.290. The van der Waals surface area contributed by atoms with E-state index >= 15 is 0 Å². The molecule has 0 amide bonds. The second kappa shape index (κ2) is 8.99. The molecule has 32 heavy (non-hydrogen) atoms. The molecule has 4 aliphatic carbocycles. The molecule has 3 heteroatoms. The van der Waals surface area contributed by atoms with Gasteiger partial charge in [0.15, 0.2) is 6.29 Å². The fourth-order valence-corrected chi connectivity index (χ4v) is 9.68. The van der Waals surface area contributed by atoms with E-state index in [9.17, 15) is 4.79 Å². The van der Waals surface area contributed by atoms with Crippen molar-refractivity contribution in [2.24, 2.45) is 46.3 Å². The summed E-state index contributed by atoms with van der Waals surface area (Å²) >= 11 is 0. The third-order valence-corrected chi connectivity index (χ3v) is 11.5. The number of hydrogen-bond acceptors (Lipinski definition) is 3. The van der Waals surface area contributed by atoms with Gasteiger partial charge in [0.2, 0.25) is 0 Å². The van der Waals surface area contributed by atoms with Gasteiger partial charge in [-0.25, -0.2) is 0 Å². The van der Waals surface area contributed by atoms with E-state index in [-0.39, 0.29) is 11.7 Å². The van der Waals surface area contributed by atoms with Crippen LogP contribution < -0.4 is 0 Å². The Bertz CT molecular complexity index is 684. The molecule has 5 aliphatic rings. The normalized spacial score (nSPS) is 49.8. The standard InChI is InChI=1S/C29H48O3/c1-5-8-19(2)23-12-13-24-22-11-10-20-17-21(32-27-9-6-7-16-31-27)14-15-28(20,3)25(22)18-26(30)29(23,24)4/h19-25,27H,5-18H2,1-4H3/t19-,20?,21-,22?,23?,24?,25?,27?,28+,29-/m1/s1. The summed E-state index contributed by atoms with van der Waals surface area (Å²) in [5.74, 6) is 4.68. The Morgan fingerprint density at radius 2 is 1.91 bits per heavy atom. The maximum atomic E-state index is 13.9. The van der Waals surface area contributed by atoms with Gasteiger partial charge in [0.05, 0.1) is 6.10 Å². The largest absolute Gasteiger partial charge is 0.353 e. The summed E-state index contributed by atoms with van der Waals surface area (Å²) in [6, 6.07) is 0. The van der Waals surface area contributed by atoms with E-state index in [4.69, 9.17) is 9.47 Å². The molecule has 3 nitrogen and oxygen atoms in total. The van der Waals surface area contributed by atoms with E-state index in [2.05, 4.69) is 27.7 Å². The molecule has 1 saturated heterocycles. The van der Waals surface area contributed by atoms with Gasteiger partial charge in [0.1, 0.15) is 5.78 Å². The molecule has 10 atom stereocenters. The zero-order valence-electron chi connectivity index (χ0n) is 21.2. The van der Waals surface area contributed by atoms with Crippen LogP contribution in [-0.4, -0.2) is 24.8 Å². The van der Waals surface area contributed by atoms with Gasteiger partial charge in [-0.05, 0) is 105 Å². The Balaban J connectivity index is 1.30. The lowest BCUT2D eigenvalue weighted by atomic mass is 9.44. The van der Waals surface area contributed by atoms with Crippen LogP contribution in [0.25, 0.3) is 0 Å². The SMILES string of the molecule is CCC[C@@H](C)C1CCC2C3CCC4C[C@H](OC5CCCCO5)CC[C@]4(C)C3CC(=O)[C@@]21C. The molecular weight excluding hydrogens is 396 g/mol. The van der Waals surface area contributed by atoms with E-state index in [0.29, 0.717) is 41.0 Å². The zero-order chi connectivity index (χ0) is 22.5. The minimum atomic E-state index is -0.0441. The third kappa shape index (κ3) is 3.72. The summed E-state index contributed by atoms with van der Waals surface area (Å²) < 4.78 is 12.3. The van der Waals surface area contributed by atoms with Crippen LogP contribution in [0.4, 0.5) is 0 Å². The highest BCUT2D eigenvalue weighted by atomic mass is 16.7. The fourth-order valence-electron chi connectivity index (χ4n) is 9.68. The van der Waals surface area contributed by atoms with E-state index in [1.807, 2.05) is 0 Å². The number of Topliss-reactive ketones (excluding diaryl/α,β-unsaturated/α-hetero) is 1. The molecule has 0 radical (unpaired) electrons. The number of fused-ring (bicyclic) bond motifs is 5. The lowest BCUT2D eigenvalue weighted by Crippen LogP contribution is -2.57. The molecule has 0 bridgehead atoms. The monoisotopic (exact) mass is 444 g/mol. The van der Waals surface area contributed by atoms with Gasteiger partial charge >= 0.3 is 0 Å². The van der Waals surface area contributed by atoms with Gasteiger partial charge in [-0.2, -0.15) is 0 Å². The second-order valence-electron chi connectivity index (χ2n) is 12.8. The number of carbonyl (C=O) groups is 1. The third-order valence-electron chi connectivity index (χ3n) is 11.5. The summed E-state index contributed by atoms with van der Waals surface area (Å²) in [4.78, 5) is 13.9. The summed E-state index contributed by atoms with van der Waals surface area (Å²) in [7, 11) is 0. The predicted molar refractivity (Wildman–Crippen MR) is 128 cm³/mol. The molecule has 0 aromatic heterocycles. The number of rotatable bonds is 5. The van der Waals surface area contributed by atoms with Crippen LogP contribution in [0.1, 0.15) is 111 Å². The smallest absolute Gasteiger partial charge is 0.157 e. The minimum Gasteiger partial charge on any atom is -0.353 e. The second-order valence-corrected chi connectivity index (χ2v) is 12.8. The van der Waals surface area contributed by atoms with Crippen molar-refractivity contribution < 1.29 is 14.3 Å². The van der Waals surface area contributed by atoms with Gasteiger partial charge in [0.25, 0.3) is 0 Å². The maximum Gasteiger partial charge on any atom is 0.157 e. The number of ether oxygens (including phenoxy) is 2. The van der Waals surface area contributed by atoms with Gasteiger partial charge in [-0.3, -0.25) is 4.79 Å². The van der Waals surface area contributed by atoms with Crippen LogP contribution >= 0.6 is 0 Å². The van der Waals surface area contributed by atoms with Gasteiger partial charge < -0.3 is 9.47 Å². The first-order valence-corrected chi connectivity index (χ1v) is 14.2. The number of hydrogen-bond donors (Lipinski definition) is 0. The van der Waals surface area contributed by atoms with E-state index in [1.165, 1.54) is 64.2 Å². The van der Waals surface area contributed by atoms with E-state index in [0.717, 1.165) is 37.7 Å².